The minimum absolute atomic E-state index is 0.0296. The number of nitrogens with zero attached hydrogens (tertiary/aromatic N) is 4. The van der Waals surface area contributed by atoms with Gasteiger partial charge in [0.1, 0.15) is 17.3 Å². The highest BCUT2D eigenvalue weighted by Crippen LogP contribution is 2.40. The highest BCUT2D eigenvalue weighted by molar-refractivity contribution is 5.80. The molecule has 2 aromatic carbocycles. The van der Waals surface area contributed by atoms with Gasteiger partial charge in [-0.25, -0.2) is 14.8 Å². The van der Waals surface area contributed by atoms with E-state index in [1.165, 1.54) is 0 Å². The molecule has 3 aliphatic heterocycles. The van der Waals surface area contributed by atoms with E-state index in [0.29, 0.717) is 36.7 Å². The van der Waals surface area contributed by atoms with Crippen LogP contribution in [-0.4, -0.2) is 69.6 Å². The Labute approximate surface area is 283 Å². The van der Waals surface area contributed by atoms with Crippen molar-refractivity contribution in [2.24, 2.45) is 0 Å². The van der Waals surface area contributed by atoms with Crippen LogP contribution < -0.4 is 14.4 Å². The van der Waals surface area contributed by atoms with E-state index in [0.717, 1.165) is 71.8 Å². The van der Waals surface area contributed by atoms with E-state index in [9.17, 15) is 9.90 Å². The summed E-state index contributed by atoms with van der Waals surface area (Å²) in [5.41, 5.74) is 3.69. The van der Waals surface area contributed by atoms with Gasteiger partial charge in [-0.15, -0.1) is 0 Å². The molecule has 0 radical (unpaired) electrons. The smallest absolute Gasteiger partial charge is 0.337 e. The maximum atomic E-state index is 12.8. The van der Waals surface area contributed by atoms with E-state index in [1.54, 1.807) is 7.11 Å². The SMILES string of the molecule is COc1ccc2c(c1)-c1cccc(c1)-c1cn3c(c([C@H](OC(C)(C)C)C(=O)O)c(C)nc3n1)N1CCC(C)(CC1)OCCCC[C@H](C)O2. The van der Waals surface area contributed by atoms with Gasteiger partial charge in [0.15, 0.2) is 6.10 Å². The molecule has 1 saturated heterocycles. The third-order valence-corrected chi connectivity index (χ3v) is 9.33. The van der Waals surface area contributed by atoms with E-state index < -0.39 is 17.7 Å². The average Bonchev–Trinajstić information content (AvgIpc) is 3.46. The number of carbonyl (C=O) groups is 1. The zero-order valence-electron chi connectivity index (χ0n) is 29.2. The molecule has 1 N–H and O–H groups in total. The predicted molar refractivity (Wildman–Crippen MR) is 186 cm³/mol. The second-order valence-electron chi connectivity index (χ2n) is 14.3. The molecule has 5 heterocycles. The van der Waals surface area contributed by atoms with Crippen LogP contribution in [-0.2, 0) is 14.3 Å². The fraction of sp³-hybridized carbons (Fsp3) is 0.500. The van der Waals surface area contributed by atoms with Gasteiger partial charge >= 0.3 is 5.97 Å². The van der Waals surface area contributed by atoms with Gasteiger partial charge in [0.05, 0.1) is 41.4 Å². The minimum Gasteiger partial charge on any atom is -0.497 e. The van der Waals surface area contributed by atoms with Crippen molar-refractivity contribution < 1.29 is 28.8 Å². The van der Waals surface area contributed by atoms with Crippen molar-refractivity contribution in [2.75, 3.05) is 31.7 Å². The number of aliphatic carboxylic acids is 1. The summed E-state index contributed by atoms with van der Waals surface area (Å²) in [6, 6.07) is 14.1. The number of methoxy groups -OCH3 is 1. The molecule has 2 aromatic heterocycles. The van der Waals surface area contributed by atoms with Crippen molar-refractivity contribution in [3.05, 3.63) is 59.9 Å². The first-order chi connectivity index (χ1) is 22.8. The average molecular weight is 657 g/mol. The number of anilines is 1. The topological polar surface area (TPSA) is 108 Å². The van der Waals surface area contributed by atoms with Crippen LogP contribution in [0, 0.1) is 6.92 Å². The summed E-state index contributed by atoms with van der Waals surface area (Å²) in [6.45, 7) is 13.8. The summed E-state index contributed by atoms with van der Waals surface area (Å²) in [5.74, 6) is 1.73. The van der Waals surface area contributed by atoms with Crippen molar-refractivity contribution in [3.8, 4) is 33.9 Å². The molecular weight excluding hydrogens is 608 g/mol. The van der Waals surface area contributed by atoms with Crippen LogP contribution in [0.25, 0.3) is 28.2 Å². The standard InChI is InChI=1S/C38H48N4O6/c1-24-11-8-9-20-46-38(6)16-18-41(19-17-38)34-32(33(35(43)44)48-37(3,4)5)25(2)39-36-40-30(23-42(34)36)27-13-10-12-26(21-27)29-22-28(45-7)14-15-31(29)47-24/h10,12-15,21-24,33H,8-9,11,16-20H2,1-7H3,(H,43,44)/t24-,33-/m0/s1. The van der Waals surface area contributed by atoms with Crippen LogP contribution in [0.3, 0.4) is 0 Å². The van der Waals surface area contributed by atoms with Crippen LogP contribution in [0.5, 0.6) is 11.5 Å². The highest BCUT2D eigenvalue weighted by atomic mass is 16.5. The van der Waals surface area contributed by atoms with Gasteiger partial charge in [0, 0.05) is 37.0 Å². The number of hydrogen-bond donors (Lipinski definition) is 1. The second kappa shape index (κ2) is 13.4. The molecule has 0 unspecified atom stereocenters. The lowest BCUT2D eigenvalue weighted by atomic mass is 9.92. The number of piperidine rings is 1. The lowest BCUT2D eigenvalue weighted by molar-refractivity contribution is -0.160. The van der Waals surface area contributed by atoms with Crippen molar-refractivity contribution in [2.45, 2.75) is 97.1 Å². The molecule has 0 spiro atoms. The van der Waals surface area contributed by atoms with Crippen LogP contribution >= 0.6 is 0 Å². The lowest BCUT2D eigenvalue weighted by Gasteiger charge is -2.41. The molecule has 1 fully saturated rings. The molecule has 256 valence electrons. The molecule has 10 heteroatoms. The normalized spacial score (nSPS) is 21.1. The van der Waals surface area contributed by atoms with Gasteiger partial charge in [-0.3, -0.25) is 4.40 Å². The van der Waals surface area contributed by atoms with E-state index in [1.807, 2.05) is 68.6 Å². The van der Waals surface area contributed by atoms with Crippen LogP contribution in [0.2, 0.25) is 0 Å². The first-order valence-electron chi connectivity index (χ1n) is 17.0. The van der Waals surface area contributed by atoms with Crippen LogP contribution in [0.15, 0.2) is 48.7 Å². The van der Waals surface area contributed by atoms with Gasteiger partial charge < -0.3 is 29.0 Å². The Bertz CT molecular complexity index is 1790. The molecule has 3 aliphatic rings. The van der Waals surface area contributed by atoms with Crippen LogP contribution in [0.4, 0.5) is 5.82 Å². The number of ether oxygens (including phenoxy) is 4. The first-order valence-corrected chi connectivity index (χ1v) is 17.0. The Kier molecular flexibility index (Phi) is 9.42. The van der Waals surface area contributed by atoms with E-state index in [2.05, 4.69) is 30.9 Å². The number of benzene rings is 2. The molecule has 48 heavy (non-hydrogen) atoms. The Balaban J connectivity index is 1.54. The fourth-order valence-corrected chi connectivity index (χ4v) is 6.74. The number of aryl methyl sites for hydroxylation is 1. The van der Waals surface area contributed by atoms with Gasteiger partial charge in [-0.1, -0.05) is 18.2 Å². The third-order valence-electron chi connectivity index (χ3n) is 9.33. The van der Waals surface area contributed by atoms with Crippen molar-refractivity contribution in [1.29, 1.82) is 0 Å². The molecular formula is C38H48N4O6. The van der Waals surface area contributed by atoms with E-state index in [-0.39, 0.29) is 11.7 Å². The summed E-state index contributed by atoms with van der Waals surface area (Å²) >= 11 is 0. The summed E-state index contributed by atoms with van der Waals surface area (Å²) < 4.78 is 26.8. The molecule has 6 bridgehead atoms. The predicted octanol–water partition coefficient (Wildman–Crippen LogP) is 7.65. The molecule has 2 atom stereocenters. The van der Waals surface area contributed by atoms with Crippen molar-refractivity contribution in [1.82, 2.24) is 14.4 Å². The Morgan fingerprint density at radius 2 is 1.83 bits per heavy atom. The maximum Gasteiger partial charge on any atom is 0.337 e. The van der Waals surface area contributed by atoms with Gasteiger partial charge in [-0.2, -0.15) is 0 Å². The van der Waals surface area contributed by atoms with Gasteiger partial charge in [0.2, 0.25) is 5.78 Å². The van der Waals surface area contributed by atoms with Crippen molar-refractivity contribution >= 4 is 17.6 Å². The van der Waals surface area contributed by atoms with E-state index >= 15 is 0 Å². The molecule has 0 saturated carbocycles. The summed E-state index contributed by atoms with van der Waals surface area (Å²) in [7, 11) is 1.66. The van der Waals surface area contributed by atoms with Gasteiger partial charge in [-0.05, 0) is 103 Å². The second-order valence-corrected chi connectivity index (χ2v) is 14.3. The molecule has 10 nitrogen and oxygen atoms in total. The zero-order chi connectivity index (χ0) is 34.2. The fourth-order valence-electron chi connectivity index (χ4n) is 6.74. The molecule has 0 amide bonds. The zero-order valence-corrected chi connectivity index (χ0v) is 29.2. The summed E-state index contributed by atoms with van der Waals surface area (Å²) in [6.07, 6.45) is 5.23. The first kappa shape index (κ1) is 33.7. The van der Waals surface area contributed by atoms with Crippen LogP contribution in [0.1, 0.15) is 84.1 Å². The number of rotatable bonds is 4. The molecule has 0 aliphatic carbocycles. The third kappa shape index (κ3) is 7.15. The lowest BCUT2D eigenvalue weighted by Crippen LogP contribution is -2.45. The molecule has 7 rings (SSSR count). The number of imidazole rings is 1. The Morgan fingerprint density at radius 1 is 1.08 bits per heavy atom. The summed E-state index contributed by atoms with van der Waals surface area (Å²) in [5, 5.41) is 10.5. The monoisotopic (exact) mass is 656 g/mol. The molecule has 4 aromatic rings. The quantitative estimate of drug-likeness (QED) is 0.237. The Hall–Kier alpha value is -4.15. The largest absolute Gasteiger partial charge is 0.497 e. The summed E-state index contributed by atoms with van der Waals surface area (Å²) in [4.78, 5) is 24.9. The highest BCUT2D eigenvalue weighted by Gasteiger charge is 2.37. The number of hydrogen-bond acceptors (Lipinski definition) is 8. The minimum atomic E-state index is -1.21. The van der Waals surface area contributed by atoms with Crippen molar-refractivity contribution in [3.63, 3.8) is 0 Å². The maximum absolute atomic E-state index is 12.8. The number of carboxylic acids is 1. The van der Waals surface area contributed by atoms with Gasteiger partial charge in [0.25, 0.3) is 0 Å². The number of fused-ring (bicyclic) bond motifs is 8. The number of aromatic nitrogens is 3. The van der Waals surface area contributed by atoms with E-state index in [4.69, 9.17) is 28.9 Å². The number of carboxylic acid groups (broad SMARTS) is 1. The Morgan fingerprint density at radius 3 is 2.54 bits per heavy atom.